The zero-order valence-electron chi connectivity index (χ0n) is 9.33. The van der Waals surface area contributed by atoms with E-state index < -0.39 is 0 Å². The van der Waals surface area contributed by atoms with E-state index in [0.29, 0.717) is 12.0 Å². The third kappa shape index (κ3) is 2.33. The molecule has 74 valence electrons. The van der Waals surface area contributed by atoms with Crippen LogP contribution in [0.4, 0.5) is 0 Å². The van der Waals surface area contributed by atoms with Gasteiger partial charge in [0.05, 0.1) is 11.9 Å². The normalized spacial score (nSPS) is 24.2. The summed E-state index contributed by atoms with van der Waals surface area (Å²) in [5.41, 5.74) is 1.39. The van der Waals surface area contributed by atoms with Crippen molar-refractivity contribution in [3.8, 4) is 0 Å². The number of allylic oxidation sites excluding steroid dienone is 1. The van der Waals surface area contributed by atoms with Gasteiger partial charge in [0.1, 0.15) is 0 Å². The molecule has 2 nitrogen and oxygen atoms in total. The fraction of sp³-hybridized carbons (Fsp3) is 0.727. The SMILES string of the molecule is CC1=N[C@H](C)CC=C(C(C)C)N1C. The van der Waals surface area contributed by atoms with Gasteiger partial charge in [-0.15, -0.1) is 0 Å². The van der Waals surface area contributed by atoms with E-state index in [4.69, 9.17) is 0 Å². The number of amidine groups is 1. The minimum Gasteiger partial charge on any atom is -0.337 e. The molecule has 0 aromatic heterocycles. The van der Waals surface area contributed by atoms with Crippen LogP contribution in [0.25, 0.3) is 0 Å². The van der Waals surface area contributed by atoms with Crippen LogP contribution in [-0.4, -0.2) is 23.8 Å². The van der Waals surface area contributed by atoms with Gasteiger partial charge >= 0.3 is 0 Å². The van der Waals surface area contributed by atoms with Crippen molar-refractivity contribution in [3.63, 3.8) is 0 Å². The van der Waals surface area contributed by atoms with Crippen molar-refractivity contribution in [1.82, 2.24) is 4.90 Å². The highest BCUT2D eigenvalue weighted by atomic mass is 15.2. The van der Waals surface area contributed by atoms with Gasteiger partial charge in [-0.25, -0.2) is 0 Å². The second-order valence-corrected chi connectivity index (χ2v) is 4.10. The predicted octanol–water partition coefficient (Wildman–Crippen LogP) is 2.67. The Morgan fingerprint density at radius 2 is 2.15 bits per heavy atom. The van der Waals surface area contributed by atoms with Gasteiger partial charge in [0.25, 0.3) is 0 Å². The highest BCUT2D eigenvalue weighted by Gasteiger charge is 2.15. The van der Waals surface area contributed by atoms with Gasteiger partial charge in [-0.05, 0) is 26.2 Å². The first-order valence-corrected chi connectivity index (χ1v) is 5.00. The fourth-order valence-corrected chi connectivity index (χ4v) is 1.70. The largest absolute Gasteiger partial charge is 0.337 e. The molecule has 0 saturated heterocycles. The molecule has 0 unspecified atom stereocenters. The lowest BCUT2D eigenvalue weighted by atomic mass is 10.1. The van der Waals surface area contributed by atoms with Crippen molar-refractivity contribution in [2.75, 3.05) is 7.05 Å². The maximum absolute atomic E-state index is 4.58. The standard InChI is InChI=1S/C11H20N2/c1-8(2)11-7-6-9(3)12-10(4)13(11)5/h7-9H,6H2,1-5H3/t9-/m1/s1. The lowest BCUT2D eigenvalue weighted by Gasteiger charge is -2.23. The fourth-order valence-electron chi connectivity index (χ4n) is 1.70. The summed E-state index contributed by atoms with van der Waals surface area (Å²) >= 11 is 0. The maximum Gasteiger partial charge on any atom is 0.1000 e. The van der Waals surface area contributed by atoms with Crippen LogP contribution in [0.3, 0.4) is 0 Å². The molecular weight excluding hydrogens is 160 g/mol. The molecule has 1 rings (SSSR count). The quantitative estimate of drug-likeness (QED) is 0.605. The van der Waals surface area contributed by atoms with Gasteiger partial charge in [0.15, 0.2) is 0 Å². The third-order valence-corrected chi connectivity index (χ3v) is 2.54. The van der Waals surface area contributed by atoms with E-state index in [-0.39, 0.29) is 0 Å². The average molecular weight is 180 g/mol. The summed E-state index contributed by atoms with van der Waals surface area (Å²) in [7, 11) is 2.10. The summed E-state index contributed by atoms with van der Waals surface area (Å²) in [6.07, 6.45) is 3.38. The Kier molecular flexibility index (Phi) is 3.12. The molecule has 0 aromatic carbocycles. The first-order valence-electron chi connectivity index (χ1n) is 5.00. The highest BCUT2D eigenvalue weighted by molar-refractivity contribution is 5.81. The Hall–Kier alpha value is -0.790. The molecule has 0 amide bonds. The van der Waals surface area contributed by atoms with E-state index in [0.717, 1.165) is 12.3 Å². The molecule has 1 aliphatic rings. The number of rotatable bonds is 1. The molecule has 0 aliphatic carbocycles. The molecule has 0 spiro atoms. The summed E-state index contributed by atoms with van der Waals surface area (Å²) < 4.78 is 0. The van der Waals surface area contributed by atoms with Gasteiger partial charge < -0.3 is 4.90 Å². The van der Waals surface area contributed by atoms with Crippen molar-refractivity contribution >= 4 is 5.84 Å². The van der Waals surface area contributed by atoms with E-state index in [1.807, 2.05) is 0 Å². The molecule has 1 atom stereocenters. The van der Waals surface area contributed by atoms with Crippen LogP contribution in [0.5, 0.6) is 0 Å². The Morgan fingerprint density at radius 3 is 2.69 bits per heavy atom. The van der Waals surface area contributed by atoms with Gasteiger partial charge in [-0.1, -0.05) is 19.9 Å². The van der Waals surface area contributed by atoms with Crippen molar-refractivity contribution < 1.29 is 0 Å². The van der Waals surface area contributed by atoms with Crippen LogP contribution in [0, 0.1) is 5.92 Å². The third-order valence-electron chi connectivity index (χ3n) is 2.54. The van der Waals surface area contributed by atoms with E-state index >= 15 is 0 Å². The molecule has 0 N–H and O–H groups in total. The second kappa shape index (κ2) is 3.95. The van der Waals surface area contributed by atoms with Crippen molar-refractivity contribution in [2.45, 2.75) is 40.2 Å². The zero-order valence-corrected chi connectivity index (χ0v) is 9.33. The van der Waals surface area contributed by atoms with Crippen molar-refractivity contribution in [2.24, 2.45) is 10.9 Å². The van der Waals surface area contributed by atoms with E-state index in [9.17, 15) is 0 Å². The summed E-state index contributed by atoms with van der Waals surface area (Å²) in [4.78, 5) is 6.78. The molecule has 1 heterocycles. The van der Waals surface area contributed by atoms with Crippen molar-refractivity contribution in [1.29, 1.82) is 0 Å². The molecule has 1 aliphatic heterocycles. The summed E-state index contributed by atoms with van der Waals surface area (Å²) in [6.45, 7) is 8.70. The summed E-state index contributed by atoms with van der Waals surface area (Å²) in [6, 6.07) is 0.429. The van der Waals surface area contributed by atoms with Gasteiger partial charge in [0.2, 0.25) is 0 Å². The molecule has 0 radical (unpaired) electrons. The Labute approximate surface area is 81.3 Å². The monoisotopic (exact) mass is 180 g/mol. The number of hydrogen-bond donors (Lipinski definition) is 0. The van der Waals surface area contributed by atoms with Crippen LogP contribution in [0.1, 0.15) is 34.1 Å². The smallest absolute Gasteiger partial charge is 0.1000 e. The van der Waals surface area contributed by atoms with Crippen LogP contribution < -0.4 is 0 Å². The van der Waals surface area contributed by atoms with E-state index in [2.05, 4.69) is 50.7 Å². The first kappa shape index (κ1) is 10.3. The van der Waals surface area contributed by atoms with Gasteiger partial charge in [-0.2, -0.15) is 0 Å². The van der Waals surface area contributed by atoms with E-state index in [1.165, 1.54) is 5.70 Å². The molecule has 0 saturated carbocycles. The van der Waals surface area contributed by atoms with Gasteiger partial charge in [-0.3, -0.25) is 4.99 Å². The van der Waals surface area contributed by atoms with Crippen LogP contribution in [0.2, 0.25) is 0 Å². The molecule has 2 heteroatoms. The van der Waals surface area contributed by atoms with Crippen LogP contribution in [-0.2, 0) is 0 Å². The van der Waals surface area contributed by atoms with E-state index in [1.54, 1.807) is 0 Å². The Balaban J connectivity index is 2.92. The topological polar surface area (TPSA) is 15.6 Å². The zero-order chi connectivity index (χ0) is 10.0. The number of hydrogen-bond acceptors (Lipinski definition) is 2. The lowest BCUT2D eigenvalue weighted by molar-refractivity contribution is 0.525. The average Bonchev–Trinajstić information content (AvgIpc) is 2.13. The minimum absolute atomic E-state index is 0.429. The molecular formula is C11H20N2. The molecule has 0 aromatic rings. The minimum atomic E-state index is 0.429. The van der Waals surface area contributed by atoms with Crippen molar-refractivity contribution in [3.05, 3.63) is 11.8 Å². The molecule has 0 fully saturated rings. The van der Waals surface area contributed by atoms with Crippen LogP contribution >= 0.6 is 0 Å². The highest BCUT2D eigenvalue weighted by Crippen LogP contribution is 2.19. The Bertz CT molecular complexity index is 238. The molecule has 0 bridgehead atoms. The second-order valence-electron chi connectivity index (χ2n) is 4.10. The lowest BCUT2D eigenvalue weighted by Crippen LogP contribution is -2.25. The van der Waals surface area contributed by atoms with Crippen LogP contribution in [0.15, 0.2) is 16.8 Å². The summed E-state index contributed by atoms with van der Waals surface area (Å²) in [5, 5.41) is 0. The Morgan fingerprint density at radius 1 is 1.54 bits per heavy atom. The van der Waals surface area contributed by atoms with Gasteiger partial charge in [0, 0.05) is 12.7 Å². The first-order chi connectivity index (χ1) is 6.02. The maximum atomic E-state index is 4.58. The number of aliphatic imine (C=N–C) groups is 1. The summed E-state index contributed by atoms with van der Waals surface area (Å²) in [5.74, 6) is 1.71. The number of nitrogens with zero attached hydrogens (tertiary/aromatic N) is 2. The molecule has 13 heavy (non-hydrogen) atoms. The predicted molar refractivity (Wildman–Crippen MR) is 57.9 cm³/mol.